The number of benzene rings is 2. The minimum Gasteiger partial charge on any atom is -0.484 e. The van der Waals surface area contributed by atoms with Crippen molar-refractivity contribution in [1.29, 1.82) is 0 Å². The third-order valence-electron chi connectivity index (χ3n) is 5.31. The number of para-hydroxylation sites is 3. The Morgan fingerprint density at radius 2 is 1.70 bits per heavy atom. The van der Waals surface area contributed by atoms with Gasteiger partial charge in [0, 0.05) is 19.6 Å². The highest BCUT2D eigenvalue weighted by Gasteiger charge is 2.23. The number of nitrogens with zero attached hydrogens (tertiary/aromatic N) is 3. The molecule has 1 saturated heterocycles. The van der Waals surface area contributed by atoms with Gasteiger partial charge < -0.3 is 15.0 Å². The molecular formula is C23H24N4O3. The standard InChI is InChI=1S/C23H24N4O3/c28-22(16-30-18-6-2-1-3-7-18)27-12-10-17(11-13-27)14-25-23(29)21-15-24-19-8-4-5-9-20(19)26-21/h1-9,15,17H,10-14,16H2,(H,25,29). The van der Waals surface area contributed by atoms with Gasteiger partial charge in [-0.2, -0.15) is 0 Å². The van der Waals surface area contributed by atoms with Gasteiger partial charge in [0.15, 0.2) is 6.61 Å². The summed E-state index contributed by atoms with van der Waals surface area (Å²) in [5.41, 5.74) is 1.79. The molecule has 3 aromatic rings. The van der Waals surface area contributed by atoms with Crippen LogP contribution in [0.3, 0.4) is 0 Å². The molecule has 2 heterocycles. The van der Waals surface area contributed by atoms with Crippen LogP contribution in [0, 0.1) is 5.92 Å². The van der Waals surface area contributed by atoms with E-state index in [4.69, 9.17) is 4.74 Å². The van der Waals surface area contributed by atoms with Gasteiger partial charge in [-0.05, 0) is 43.0 Å². The zero-order chi connectivity index (χ0) is 20.8. The Labute approximate surface area is 175 Å². The second-order valence-electron chi connectivity index (χ2n) is 7.38. The molecule has 4 rings (SSSR count). The molecule has 0 saturated carbocycles. The number of aromatic nitrogens is 2. The fraction of sp³-hybridized carbons (Fsp3) is 0.304. The summed E-state index contributed by atoms with van der Waals surface area (Å²) in [6.07, 6.45) is 3.20. The second-order valence-corrected chi connectivity index (χ2v) is 7.38. The van der Waals surface area contributed by atoms with Crippen LogP contribution >= 0.6 is 0 Å². The largest absolute Gasteiger partial charge is 0.484 e. The Bertz CT molecular complexity index is 1020. The lowest BCUT2D eigenvalue weighted by Gasteiger charge is -2.32. The van der Waals surface area contributed by atoms with Gasteiger partial charge in [0.2, 0.25) is 0 Å². The third kappa shape index (κ3) is 4.92. The molecule has 1 N–H and O–H groups in total. The van der Waals surface area contributed by atoms with E-state index in [9.17, 15) is 9.59 Å². The predicted octanol–water partition coefficient (Wildman–Crippen LogP) is 2.68. The third-order valence-corrected chi connectivity index (χ3v) is 5.31. The van der Waals surface area contributed by atoms with Crippen molar-refractivity contribution in [3.63, 3.8) is 0 Å². The topological polar surface area (TPSA) is 84.4 Å². The summed E-state index contributed by atoms with van der Waals surface area (Å²) in [6.45, 7) is 1.96. The molecule has 0 atom stereocenters. The highest BCUT2D eigenvalue weighted by molar-refractivity contribution is 5.93. The number of nitrogens with one attached hydrogen (secondary N) is 1. The van der Waals surface area contributed by atoms with E-state index in [-0.39, 0.29) is 18.4 Å². The Morgan fingerprint density at radius 3 is 2.47 bits per heavy atom. The number of carbonyl (C=O) groups is 2. The first-order valence-corrected chi connectivity index (χ1v) is 10.1. The van der Waals surface area contributed by atoms with Crippen molar-refractivity contribution in [2.24, 2.45) is 5.92 Å². The highest BCUT2D eigenvalue weighted by atomic mass is 16.5. The molecular weight excluding hydrogens is 380 g/mol. The van der Waals surface area contributed by atoms with Crippen molar-refractivity contribution in [2.75, 3.05) is 26.2 Å². The summed E-state index contributed by atoms with van der Waals surface area (Å²) in [5, 5.41) is 2.95. The summed E-state index contributed by atoms with van der Waals surface area (Å²) in [7, 11) is 0. The monoisotopic (exact) mass is 404 g/mol. The summed E-state index contributed by atoms with van der Waals surface area (Å²) < 4.78 is 5.55. The molecule has 0 spiro atoms. The fourth-order valence-corrected chi connectivity index (χ4v) is 3.53. The molecule has 1 fully saturated rings. The Balaban J connectivity index is 1.21. The number of piperidine rings is 1. The molecule has 0 radical (unpaired) electrons. The minimum atomic E-state index is -0.219. The number of likely N-dealkylation sites (tertiary alicyclic amines) is 1. The van der Waals surface area contributed by atoms with Crippen LogP contribution < -0.4 is 10.1 Å². The molecule has 1 aliphatic heterocycles. The van der Waals surface area contributed by atoms with Crippen LogP contribution in [0.25, 0.3) is 11.0 Å². The van der Waals surface area contributed by atoms with Gasteiger partial charge in [-0.1, -0.05) is 30.3 Å². The number of ether oxygens (including phenoxy) is 1. The van der Waals surface area contributed by atoms with Crippen LogP contribution in [0.15, 0.2) is 60.8 Å². The van der Waals surface area contributed by atoms with Crippen LogP contribution in [-0.2, 0) is 4.79 Å². The molecule has 154 valence electrons. The molecule has 7 nitrogen and oxygen atoms in total. The highest BCUT2D eigenvalue weighted by Crippen LogP contribution is 2.17. The van der Waals surface area contributed by atoms with Crippen molar-refractivity contribution in [3.05, 3.63) is 66.5 Å². The van der Waals surface area contributed by atoms with Crippen molar-refractivity contribution < 1.29 is 14.3 Å². The number of hydrogen-bond donors (Lipinski definition) is 1. The zero-order valence-corrected chi connectivity index (χ0v) is 16.7. The molecule has 0 unspecified atom stereocenters. The SMILES string of the molecule is O=C(NCC1CCN(C(=O)COc2ccccc2)CC1)c1cnc2ccccc2n1. The van der Waals surface area contributed by atoms with Crippen molar-refractivity contribution in [1.82, 2.24) is 20.2 Å². The summed E-state index contributed by atoms with van der Waals surface area (Å²) in [5.74, 6) is 0.803. The normalized spacial score (nSPS) is 14.5. The number of carbonyl (C=O) groups excluding carboxylic acids is 2. The van der Waals surface area contributed by atoms with Crippen LogP contribution in [0.1, 0.15) is 23.3 Å². The maximum Gasteiger partial charge on any atom is 0.271 e. The molecule has 2 aromatic carbocycles. The van der Waals surface area contributed by atoms with Crippen molar-refractivity contribution in [2.45, 2.75) is 12.8 Å². The van der Waals surface area contributed by atoms with Crippen molar-refractivity contribution >= 4 is 22.8 Å². The van der Waals surface area contributed by atoms with Crippen LogP contribution in [-0.4, -0.2) is 52.9 Å². The maximum atomic E-state index is 12.4. The van der Waals surface area contributed by atoms with Gasteiger partial charge in [0.25, 0.3) is 11.8 Å². The number of hydrogen-bond acceptors (Lipinski definition) is 5. The van der Waals surface area contributed by atoms with E-state index in [0.717, 1.165) is 18.4 Å². The first-order chi connectivity index (χ1) is 14.7. The van der Waals surface area contributed by atoms with Crippen LogP contribution in [0.4, 0.5) is 0 Å². The number of amides is 2. The Hall–Kier alpha value is -3.48. The molecule has 2 amide bonds. The minimum absolute atomic E-state index is 0.00669. The molecule has 0 aliphatic carbocycles. The summed E-state index contributed by atoms with van der Waals surface area (Å²) in [4.78, 5) is 35.3. The first-order valence-electron chi connectivity index (χ1n) is 10.1. The lowest BCUT2D eigenvalue weighted by atomic mass is 9.96. The van der Waals surface area contributed by atoms with E-state index >= 15 is 0 Å². The molecule has 30 heavy (non-hydrogen) atoms. The predicted molar refractivity (Wildman–Crippen MR) is 113 cm³/mol. The van der Waals surface area contributed by atoms with E-state index in [1.165, 1.54) is 6.20 Å². The van der Waals surface area contributed by atoms with Gasteiger partial charge in [0.05, 0.1) is 17.2 Å². The van der Waals surface area contributed by atoms with Gasteiger partial charge >= 0.3 is 0 Å². The van der Waals surface area contributed by atoms with E-state index < -0.39 is 0 Å². The van der Waals surface area contributed by atoms with Crippen molar-refractivity contribution in [3.8, 4) is 5.75 Å². The molecule has 0 bridgehead atoms. The quantitative estimate of drug-likeness (QED) is 0.683. The second kappa shape index (κ2) is 9.35. The summed E-state index contributed by atoms with van der Waals surface area (Å²) in [6, 6.07) is 16.8. The number of fused-ring (bicyclic) bond motifs is 1. The van der Waals surface area contributed by atoms with E-state index in [1.54, 1.807) is 0 Å². The lowest BCUT2D eigenvalue weighted by molar-refractivity contribution is -0.134. The number of rotatable bonds is 6. The zero-order valence-electron chi connectivity index (χ0n) is 16.7. The summed E-state index contributed by atoms with van der Waals surface area (Å²) >= 11 is 0. The van der Waals surface area contributed by atoms with E-state index in [2.05, 4.69) is 15.3 Å². The van der Waals surface area contributed by atoms with Crippen LogP contribution in [0.5, 0.6) is 5.75 Å². The molecule has 1 aliphatic rings. The smallest absolute Gasteiger partial charge is 0.271 e. The molecule has 7 heteroatoms. The fourth-order valence-electron chi connectivity index (χ4n) is 3.53. The first kappa shape index (κ1) is 19.8. The molecule has 1 aromatic heterocycles. The lowest BCUT2D eigenvalue weighted by Crippen LogP contribution is -2.43. The Morgan fingerprint density at radius 1 is 1.00 bits per heavy atom. The van der Waals surface area contributed by atoms with E-state index in [0.29, 0.717) is 42.5 Å². The van der Waals surface area contributed by atoms with Crippen LogP contribution in [0.2, 0.25) is 0 Å². The average molecular weight is 404 g/mol. The van der Waals surface area contributed by atoms with Gasteiger partial charge in [-0.15, -0.1) is 0 Å². The average Bonchev–Trinajstić information content (AvgIpc) is 2.81. The van der Waals surface area contributed by atoms with Gasteiger partial charge in [-0.3, -0.25) is 14.6 Å². The Kier molecular flexibility index (Phi) is 6.17. The maximum absolute atomic E-state index is 12.4. The van der Waals surface area contributed by atoms with Gasteiger partial charge in [0.1, 0.15) is 11.4 Å². The van der Waals surface area contributed by atoms with Gasteiger partial charge in [-0.25, -0.2) is 4.98 Å². The van der Waals surface area contributed by atoms with E-state index in [1.807, 2.05) is 59.5 Å².